The van der Waals surface area contributed by atoms with Crippen LogP contribution in [0.3, 0.4) is 0 Å². The third-order valence-corrected chi connectivity index (χ3v) is 6.46. The van der Waals surface area contributed by atoms with Gasteiger partial charge in [0.1, 0.15) is 11.6 Å². The predicted molar refractivity (Wildman–Crippen MR) is 117 cm³/mol. The first-order chi connectivity index (χ1) is 15.2. The van der Waals surface area contributed by atoms with E-state index in [1.807, 2.05) is 27.7 Å². The van der Waals surface area contributed by atoms with E-state index < -0.39 is 0 Å². The largest absolute Gasteiger partial charge is 0.350 e. The van der Waals surface area contributed by atoms with Crippen molar-refractivity contribution >= 4 is 29.0 Å². The van der Waals surface area contributed by atoms with Gasteiger partial charge < -0.3 is 20.9 Å². The summed E-state index contributed by atoms with van der Waals surface area (Å²) in [5.41, 5.74) is 2.04. The molecule has 10 heteroatoms. The van der Waals surface area contributed by atoms with Gasteiger partial charge in [0.15, 0.2) is 11.6 Å². The maximum absolute atomic E-state index is 13.0. The molecule has 2 atom stereocenters. The first-order valence-electron chi connectivity index (χ1n) is 11.2. The quantitative estimate of drug-likeness (QED) is 0.477. The van der Waals surface area contributed by atoms with Crippen molar-refractivity contribution in [3.63, 3.8) is 0 Å². The Kier molecular flexibility index (Phi) is 4.52. The highest BCUT2D eigenvalue weighted by atomic mass is 16.2. The number of rotatable bonds is 6. The third kappa shape index (κ3) is 3.60. The smallest absolute Gasteiger partial charge is 0.246 e. The van der Waals surface area contributed by atoms with Crippen molar-refractivity contribution in [3.05, 3.63) is 30.1 Å². The van der Waals surface area contributed by atoms with Crippen LogP contribution in [0.4, 0.5) is 17.6 Å². The second-order valence-corrected chi connectivity index (χ2v) is 8.76. The summed E-state index contributed by atoms with van der Waals surface area (Å²) in [5, 5.41) is 22.1. The summed E-state index contributed by atoms with van der Waals surface area (Å²) in [4.78, 5) is 19.8. The highest BCUT2D eigenvalue weighted by Crippen LogP contribution is 2.39. The Labute approximate surface area is 179 Å². The maximum Gasteiger partial charge on any atom is 0.246 e. The van der Waals surface area contributed by atoms with Gasteiger partial charge in [0, 0.05) is 43.0 Å². The second kappa shape index (κ2) is 7.52. The molecule has 3 aromatic heterocycles. The molecule has 3 aliphatic rings. The fraction of sp³-hybridized carbons (Fsp3) is 0.524. The third-order valence-electron chi connectivity index (χ3n) is 6.46. The van der Waals surface area contributed by atoms with Gasteiger partial charge in [-0.15, -0.1) is 5.10 Å². The number of carbonyl (C=O) groups excluding carboxylic acids is 1. The molecule has 2 saturated heterocycles. The molecule has 3 fully saturated rings. The van der Waals surface area contributed by atoms with Crippen molar-refractivity contribution in [1.29, 1.82) is 0 Å². The molecule has 0 bridgehead atoms. The minimum Gasteiger partial charge on any atom is -0.350 e. The van der Waals surface area contributed by atoms with E-state index in [-0.39, 0.29) is 18.0 Å². The molecule has 1 amide bonds. The molecule has 1 aliphatic carbocycles. The number of aromatic amines is 1. The summed E-state index contributed by atoms with van der Waals surface area (Å²) < 4.78 is 1.81. The van der Waals surface area contributed by atoms with Gasteiger partial charge >= 0.3 is 0 Å². The number of nitrogens with zero attached hydrogens (tertiary/aromatic N) is 5. The minimum atomic E-state index is -0.242. The van der Waals surface area contributed by atoms with Gasteiger partial charge in [-0.3, -0.25) is 9.89 Å². The molecular formula is C21H27N9O. The predicted octanol–water partition coefficient (Wildman–Crippen LogP) is 1.52. The van der Waals surface area contributed by atoms with E-state index in [9.17, 15) is 4.79 Å². The molecule has 0 radical (unpaired) electrons. The average Bonchev–Trinajstić information content (AvgIpc) is 3.27. The fourth-order valence-electron chi connectivity index (χ4n) is 4.62. The van der Waals surface area contributed by atoms with Crippen LogP contribution in [-0.2, 0) is 4.79 Å². The molecule has 1 saturated carbocycles. The van der Waals surface area contributed by atoms with Crippen LogP contribution in [-0.4, -0.2) is 62.4 Å². The number of fused-ring (bicyclic) bond motifs is 1. The molecule has 3 aromatic rings. The van der Waals surface area contributed by atoms with E-state index in [1.165, 1.54) is 18.5 Å². The molecule has 2 aliphatic heterocycles. The lowest BCUT2D eigenvalue weighted by Gasteiger charge is -2.25. The number of hydrogen-bond donors (Lipinski definition) is 4. The highest BCUT2D eigenvalue weighted by Gasteiger charge is 2.34. The van der Waals surface area contributed by atoms with E-state index in [0.717, 1.165) is 50.2 Å². The van der Waals surface area contributed by atoms with Crippen molar-refractivity contribution in [1.82, 2.24) is 35.4 Å². The summed E-state index contributed by atoms with van der Waals surface area (Å²) in [7, 11) is 0. The van der Waals surface area contributed by atoms with E-state index in [1.54, 1.807) is 0 Å². The lowest BCUT2D eigenvalue weighted by molar-refractivity contribution is -0.122. The van der Waals surface area contributed by atoms with Gasteiger partial charge in [0.2, 0.25) is 11.9 Å². The molecule has 31 heavy (non-hydrogen) atoms. The van der Waals surface area contributed by atoms with Crippen molar-refractivity contribution in [2.24, 2.45) is 0 Å². The maximum atomic E-state index is 13.0. The first-order valence-corrected chi connectivity index (χ1v) is 11.2. The summed E-state index contributed by atoms with van der Waals surface area (Å²) >= 11 is 0. The van der Waals surface area contributed by atoms with Gasteiger partial charge in [-0.1, -0.05) is 0 Å². The standard InChI is InChI=1S/C21H27N9O/c31-20(23-14-7-8-22-12-14)17-4-1-9-29(17)21-25-19(16-3-2-10-30(16)28-21)24-18-11-15(26-27-18)13-5-6-13/h2-3,10-11,13-14,17,22H,1,4-9,12H2,(H,23,31)(H2,24,25,26,27,28)/t14-,17-/m0/s1. The van der Waals surface area contributed by atoms with Crippen LogP contribution in [0.25, 0.3) is 5.52 Å². The second-order valence-electron chi connectivity index (χ2n) is 8.76. The summed E-state index contributed by atoms with van der Waals surface area (Å²) in [5.74, 6) is 2.68. The van der Waals surface area contributed by atoms with E-state index in [2.05, 4.69) is 32.2 Å². The topological polar surface area (TPSA) is 115 Å². The zero-order valence-corrected chi connectivity index (χ0v) is 17.3. The van der Waals surface area contributed by atoms with Crippen LogP contribution >= 0.6 is 0 Å². The molecule has 4 N–H and O–H groups in total. The number of H-pyrrole nitrogens is 1. The minimum absolute atomic E-state index is 0.0679. The van der Waals surface area contributed by atoms with Gasteiger partial charge in [-0.05, 0) is 50.8 Å². The van der Waals surface area contributed by atoms with Gasteiger partial charge in [-0.25, -0.2) is 4.52 Å². The zero-order chi connectivity index (χ0) is 20.8. The number of aromatic nitrogens is 5. The van der Waals surface area contributed by atoms with Crippen LogP contribution < -0.4 is 20.9 Å². The summed E-state index contributed by atoms with van der Waals surface area (Å²) in [6, 6.07) is 5.94. The molecule has 10 nitrogen and oxygen atoms in total. The molecular weight excluding hydrogens is 394 g/mol. The molecule has 0 spiro atoms. The van der Waals surface area contributed by atoms with Crippen molar-refractivity contribution in [2.75, 3.05) is 29.9 Å². The van der Waals surface area contributed by atoms with Gasteiger partial charge in [0.05, 0.1) is 0 Å². The molecule has 0 unspecified atom stereocenters. The van der Waals surface area contributed by atoms with E-state index in [4.69, 9.17) is 10.1 Å². The summed E-state index contributed by atoms with van der Waals surface area (Å²) in [6.07, 6.45) is 7.08. The van der Waals surface area contributed by atoms with Crippen LogP contribution in [0.1, 0.15) is 43.7 Å². The van der Waals surface area contributed by atoms with E-state index >= 15 is 0 Å². The van der Waals surface area contributed by atoms with Crippen LogP contribution in [0.2, 0.25) is 0 Å². The number of hydrogen-bond acceptors (Lipinski definition) is 7. The molecule has 6 rings (SSSR count). The van der Waals surface area contributed by atoms with Crippen molar-refractivity contribution < 1.29 is 4.79 Å². The lowest BCUT2D eigenvalue weighted by atomic mass is 10.2. The van der Waals surface area contributed by atoms with Crippen molar-refractivity contribution in [2.45, 2.75) is 50.1 Å². The van der Waals surface area contributed by atoms with E-state index in [0.29, 0.717) is 17.7 Å². The Morgan fingerprint density at radius 1 is 1.23 bits per heavy atom. The van der Waals surface area contributed by atoms with Gasteiger partial charge in [0.25, 0.3) is 0 Å². The number of carbonyl (C=O) groups is 1. The normalized spacial score (nSPS) is 23.5. The number of amides is 1. The Bertz CT molecular complexity index is 1100. The Hall–Kier alpha value is -3.14. The monoisotopic (exact) mass is 421 g/mol. The van der Waals surface area contributed by atoms with Crippen molar-refractivity contribution in [3.8, 4) is 0 Å². The van der Waals surface area contributed by atoms with Crippen LogP contribution in [0, 0.1) is 0 Å². The fourth-order valence-corrected chi connectivity index (χ4v) is 4.62. The van der Waals surface area contributed by atoms with Gasteiger partial charge in [-0.2, -0.15) is 10.1 Å². The molecule has 162 valence electrons. The first kappa shape index (κ1) is 18.6. The number of anilines is 3. The van der Waals surface area contributed by atoms with Crippen LogP contribution in [0.15, 0.2) is 24.4 Å². The Morgan fingerprint density at radius 3 is 3.00 bits per heavy atom. The summed E-state index contributed by atoms with van der Waals surface area (Å²) in [6.45, 7) is 2.56. The zero-order valence-electron chi connectivity index (χ0n) is 17.3. The Balaban J connectivity index is 1.27. The molecule has 5 heterocycles. The average molecular weight is 422 g/mol. The van der Waals surface area contributed by atoms with Crippen LogP contribution in [0.5, 0.6) is 0 Å². The molecule has 0 aromatic carbocycles. The lowest BCUT2D eigenvalue weighted by Crippen LogP contribution is -2.48. The number of nitrogens with one attached hydrogen (secondary N) is 4. The Morgan fingerprint density at radius 2 is 2.16 bits per heavy atom. The SMILES string of the molecule is O=C(N[C@H]1CCNC1)[C@@H]1CCCN1c1nc(Nc2cc(C3CC3)[nH]n2)c2cccn2n1. The highest BCUT2D eigenvalue weighted by molar-refractivity contribution is 5.86.